The van der Waals surface area contributed by atoms with Crippen LogP contribution in [0.1, 0.15) is 12.5 Å². The highest BCUT2D eigenvalue weighted by atomic mass is 35.5. The van der Waals surface area contributed by atoms with Gasteiger partial charge in [0.05, 0.1) is 12.7 Å². The summed E-state index contributed by atoms with van der Waals surface area (Å²) in [6, 6.07) is 7.94. The van der Waals surface area contributed by atoms with Gasteiger partial charge in [0.2, 0.25) is 5.91 Å². The lowest BCUT2D eigenvalue weighted by molar-refractivity contribution is -0.120. The van der Waals surface area contributed by atoms with E-state index in [-0.39, 0.29) is 24.4 Å². The average molecular weight is 300 g/mol. The Morgan fingerprint density at radius 3 is 3.05 bits per heavy atom. The van der Waals surface area contributed by atoms with Gasteiger partial charge in [0.15, 0.2) is 0 Å². The molecule has 0 spiro atoms. The molecule has 6 heteroatoms. The molecule has 0 radical (unpaired) electrons. The van der Waals surface area contributed by atoms with Crippen LogP contribution in [0.4, 0.5) is 5.69 Å². The third-order valence-electron chi connectivity index (χ3n) is 3.16. The molecule has 1 unspecified atom stereocenters. The number of amides is 1. The molecule has 1 aliphatic heterocycles. The molecule has 1 atom stereocenters. The summed E-state index contributed by atoms with van der Waals surface area (Å²) in [5, 5.41) is 2.80. The molecule has 1 aromatic rings. The molecule has 1 amide bonds. The van der Waals surface area contributed by atoms with E-state index in [4.69, 9.17) is 10.5 Å². The second kappa shape index (κ2) is 8.09. The molecule has 1 aliphatic rings. The quantitative estimate of drug-likeness (QED) is 0.815. The van der Waals surface area contributed by atoms with Gasteiger partial charge in [-0.05, 0) is 17.7 Å². The number of nitrogen functional groups attached to an aromatic ring is 1. The predicted octanol–water partition coefficient (Wildman–Crippen LogP) is 1.03. The largest absolute Gasteiger partial charge is 0.399 e. The van der Waals surface area contributed by atoms with Crippen LogP contribution in [0.2, 0.25) is 0 Å². The van der Waals surface area contributed by atoms with Crippen LogP contribution in [0.3, 0.4) is 0 Å². The lowest BCUT2D eigenvalue weighted by Gasteiger charge is -2.33. The van der Waals surface area contributed by atoms with Crippen LogP contribution >= 0.6 is 12.4 Å². The third kappa shape index (κ3) is 5.36. The van der Waals surface area contributed by atoms with E-state index < -0.39 is 0 Å². The first-order valence-electron chi connectivity index (χ1n) is 6.56. The first-order valence-corrected chi connectivity index (χ1v) is 6.56. The van der Waals surface area contributed by atoms with Gasteiger partial charge in [-0.1, -0.05) is 12.1 Å². The van der Waals surface area contributed by atoms with Crippen molar-refractivity contribution >= 4 is 24.0 Å². The van der Waals surface area contributed by atoms with Gasteiger partial charge >= 0.3 is 0 Å². The highest BCUT2D eigenvalue weighted by Crippen LogP contribution is 2.12. The molecule has 3 N–H and O–H groups in total. The SMILES string of the molecule is CC(=O)NCC1CN(Cc2cccc(N)c2)CCO1.Cl. The Kier molecular flexibility index (Phi) is 6.78. The van der Waals surface area contributed by atoms with Gasteiger partial charge in [0.25, 0.3) is 0 Å². The molecule has 0 aliphatic carbocycles. The molecule has 112 valence electrons. The number of ether oxygens (including phenoxy) is 1. The van der Waals surface area contributed by atoms with E-state index in [0.29, 0.717) is 13.2 Å². The number of carbonyl (C=O) groups is 1. The van der Waals surface area contributed by atoms with Gasteiger partial charge in [-0.25, -0.2) is 0 Å². The minimum Gasteiger partial charge on any atom is -0.399 e. The number of hydrogen-bond acceptors (Lipinski definition) is 4. The maximum absolute atomic E-state index is 10.9. The summed E-state index contributed by atoms with van der Waals surface area (Å²) in [5.41, 5.74) is 7.78. The molecule has 1 saturated heterocycles. The van der Waals surface area contributed by atoms with Crippen molar-refractivity contribution in [2.24, 2.45) is 0 Å². The first kappa shape index (κ1) is 16.8. The molecular formula is C14H22ClN3O2. The third-order valence-corrected chi connectivity index (χ3v) is 3.16. The van der Waals surface area contributed by atoms with Crippen molar-refractivity contribution in [3.63, 3.8) is 0 Å². The normalized spacial score (nSPS) is 19.1. The molecule has 20 heavy (non-hydrogen) atoms. The lowest BCUT2D eigenvalue weighted by Crippen LogP contribution is -2.46. The summed E-state index contributed by atoms with van der Waals surface area (Å²) in [6.45, 7) is 5.40. The minimum atomic E-state index is -0.0171. The fourth-order valence-electron chi connectivity index (χ4n) is 2.25. The van der Waals surface area contributed by atoms with E-state index in [1.54, 1.807) is 0 Å². The summed E-state index contributed by atoms with van der Waals surface area (Å²) in [7, 11) is 0. The van der Waals surface area contributed by atoms with Gasteiger partial charge in [-0.2, -0.15) is 0 Å². The Morgan fingerprint density at radius 2 is 2.35 bits per heavy atom. The van der Waals surface area contributed by atoms with Gasteiger partial charge in [-0.15, -0.1) is 12.4 Å². The predicted molar refractivity (Wildman–Crippen MR) is 81.8 cm³/mol. The summed E-state index contributed by atoms with van der Waals surface area (Å²) < 4.78 is 5.64. The number of carbonyl (C=O) groups excluding carboxylic acids is 1. The molecule has 5 nitrogen and oxygen atoms in total. The number of nitrogens with zero attached hydrogens (tertiary/aromatic N) is 1. The van der Waals surface area contributed by atoms with Crippen molar-refractivity contribution < 1.29 is 9.53 Å². The fourth-order valence-corrected chi connectivity index (χ4v) is 2.25. The second-order valence-electron chi connectivity index (χ2n) is 4.91. The summed E-state index contributed by atoms with van der Waals surface area (Å²) in [4.78, 5) is 13.2. The Labute approximate surface area is 125 Å². The van der Waals surface area contributed by atoms with E-state index in [1.807, 2.05) is 18.2 Å². The highest BCUT2D eigenvalue weighted by Gasteiger charge is 2.20. The van der Waals surface area contributed by atoms with Crippen LogP contribution in [0.5, 0.6) is 0 Å². The molecule has 2 rings (SSSR count). The summed E-state index contributed by atoms with van der Waals surface area (Å²) >= 11 is 0. The van der Waals surface area contributed by atoms with Crippen LogP contribution < -0.4 is 11.1 Å². The van der Waals surface area contributed by atoms with Crippen molar-refractivity contribution in [1.82, 2.24) is 10.2 Å². The van der Waals surface area contributed by atoms with Crippen molar-refractivity contribution in [3.05, 3.63) is 29.8 Å². The molecule has 1 heterocycles. The standard InChI is InChI=1S/C14H21N3O2.ClH/c1-11(18)16-8-14-10-17(5-6-19-14)9-12-3-2-4-13(15)7-12;/h2-4,7,14H,5-6,8-10,15H2,1H3,(H,16,18);1H. The van der Waals surface area contributed by atoms with Gasteiger partial charge in [-0.3, -0.25) is 9.69 Å². The number of anilines is 1. The van der Waals surface area contributed by atoms with Crippen LogP contribution in [0, 0.1) is 0 Å². The number of hydrogen-bond donors (Lipinski definition) is 2. The number of nitrogens with one attached hydrogen (secondary N) is 1. The molecule has 1 fully saturated rings. The highest BCUT2D eigenvalue weighted by molar-refractivity contribution is 5.85. The molecule has 1 aromatic carbocycles. The smallest absolute Gasteiger partial charge is 0.216 e. The zero-order valence-electron chi connectivity index (χ0n) is 11.7. The van der Waals surface area contributed by atoms with Gasteiger partial charge in [0.1, 0.15) is 0 Å². The van der Waals surface area contributed by atoms with Crippen LogP contribution in [0.15, 0.2) is 24.3 Å². The molecule has 0 bridgehead atoms. The monoisotopic (exact) mass is 299 g/mol. The maximum atomic E-state index is 10.9. The fraction of sp³-hybridized carbons (Fsp3) is 0.500. The van der Waals surface area contributed by atoms with E-state index in [0.717, 1.165) is 25.3 Å². The number of morpholine rings is 1. The van der Waals surface area contributed by atoms with Crippen LogP contribution in [-0.2, 0) is 16.1 Å². The Balaban J connectivity index is 0.00000200. The summed E-state index contributed by atoms with van der Waals surface area (Å²) in [5.74, 6) is -0.0171. The molecule has 0 saturated carbocycles. The van der Waals surface area contributed by atoms with Crippen LogP contribution in [-0.4, -0.2) is 43.2 Å². The minimum absolute atomic E-state index is 0. The zero-order valence-corrected chi connectivity index (χ0v) is 12.5. The number of halogens is 1. The number of rotatable bonds is 4. The first-order chi connectivity index (χ1) is 9.13. The van der Waals surface area contributed by atoms with Crippen molar-refractivity contribution in [2.75, 3.05) is 32.0 Å². The number of nitrogens with two attached hydrogens (primary N) is 1. The zero-order chi connectivity index (χ0) is 13.7. The lowest BCUT2D eigenvalue weighted by atomic mass is 10.1. The van der Waals surface area contributed by atoms with Crippen molar-refractivity contribution in [2.45, 2.75) is 19.6 Å². The van der Waals surface area contributed by atoms with E-state index >= 15 is 0 Å². The topological polar surface area (TPSA) is 67.6 Å². The van der Waals surface area contributed by atoms with E-state index in [1.165, 1.54) is 12.5 Å². The summed E-state index contributed by atoms with van der Waals surface area (Å²) in [6.07, 6.45) is 0.0682. The van der Waals surface area contributed by atoms with E-state index in [9.17, 15) is 4.79 Å². The maximum Gasteiger partial charge on any atom is 0.216 e. The number of benzene rings is 1. The van der Waals surface area contributed by atoms with E-state index in [2.05, 4.69) is 16.3 Å². The Hall–Kier alpha value is -1.30. The van der Waals surface area contributed by atoms with Gasteiger partial charge in [0, 0.05) is 38.8 Å². The van der Waals surface area contributed by atoms with Crippen LogP contribution in [0.25, 0.3) is 0 Å². The van der Waals surface area contributed by atoms with Gasteiger partial charge < -0.3 is 15.8 Å². The molecule has 0 aromatic heterocycles. The second-order valence-corrected chi connectivity index (χ2v) is 4.91. The molecular weight excluding hydrogens is 278 g/mol. The van der Waals surface area contributed by atoms with Crippen molar-refractivity contribution in [3.8, 4) is 0 Å². The average Bonchev–Trinajstić information content (AvgIpc) is 2.37. The Morgan fingerprint density at radius 1 is 1.55 bits per heavy atom. The van der Waals surface area contributed by atoms with Crippen molar-refractivity contribution in [1.29, 1.82) is 0 Å². The Bertz CT molecular complexity index is 442.